The van der Waals surface area contributed by atoms with Crippen LogP contribution >= 0.6 is 0 Å². The Hall–Kier alpha value is -1.94. The molecule has 4 heteroatoms. The van der Waals surface area contributed by atoms with E-state index in [1.54, 1.807) is 0 Å². The van der Waals surface area contributed by atoms with Crippen molar-refractivity contribution < 1.29 is 9.00 Å². The lowest BCUT2D eigenvalue weighted by Crippen LogP contribution is -2.06. The van der Waals surface area contributed by atoms with Crippen LogP contribution in [0.3, 0.4) is 0 Å². The number of benzene rings is 2. The van der Waals surface area contributed by atoms with Crippen LogP contribution in [-0.4, -0.2) is 10.1 Å². The first kappa shape index (κ1) is 13.5. The van der Waals surface area contributed by atoms with Crippen molar-refractivity contribution in [2.45, 2.75) is 17.6 Å². The predicted octanol–water partition coefficient (Wildman–Crippen LogP) is 2.95. The highest BCUT2D eigenvalue weighted by molar-refractivity contribution is 7.84. The number of amides is 1. The minimum Gasteiger partial charge on any atom is -0.326 e. The van der Waals surface area contributed by atoms with E-state index in [0.29, 0.717) is 5.75 Å². The summed E-state index contributed by atoms with van der Waals surface area (Å²) in [6.45, 7) is 1.47. The van der Waals surface area contributed by atoms with Gasteiger partial charge in [0.25, 0.3) is 0 Å². The molecule has 0 aromatic heterocycles. The Morgan fingerprint density at radius 2 is 1.84 bits per heavy atom. The van der Waals surface area contributed by atoms with Crippen molar-refractivity contribution in [1.82, 2.24) is 0 Å². The van der Waals surface area contributed by atoms with Gasteiger partial charge in [-0.2, -0.15) is 0 Å². The van der Waals surface area contributed by atoms with E-state index in [9.17, 15) is 9.00 Å². The van der Waals surface area contributed by atoms with Crippen molar-refractivity contribution in [2.24, 2.45) is 0 Å². The summed E-state index contributed by atoms with van der Waals surface area (Å²) in [5.41, 5.74) is 1.67. The summed E-state index contributed by atoms with van der Waals surface area (Å²) in [5, 5.41) is 2.72. The second-order valence-corrected chi connectivity index (χ2v) is 5.64. The van der Waals surface area contributed by atoms with Crippen LogP contribution in [0.15, 0.2) is 59.5 Å². The minimum absolute atomic E-state index is 0.110. The van der Waals surface area contributed by atoms with Gasteiger partial charge in [0.05, 0.1) is 16.6 Å². The average molecular weight is 273 g/mol. The number of hydrogen-bond donors (Lipinski definition) is 1. The molecule has 0 bridgehead atoms. The van der Waals surface area contributed by atoms with Gasteiger partial charge < -0.3 is 5.32 Å². The third-order valence-corrected chi connectivity index (χ3v) is 3.94. The fourth-order valence-corrected chi connectivity index (χ4v) is 2.86. The molecule has 0 radical (unpaired) electrons. The maximum atomic E-state index is 12.2. The number of nitrogens with one attached hydrogen (secondary N) is 1. The molecule has 0 fully saturated rings. The van der Waals surface area contributed by atoms with Crippen molar-refractivity contribution in [3.05, 3.63) is 60.2 Å². The normalized spacial score (nSPS) is 11.8. The van der Waals surface area contributed by atoms with Gasteiger partial charge in [-0.25, -0.2) is 0 Å². The molecular formula is C15H15NO2S. The molecule has 2 aromatic carbocycles. The molecule has 19 heavy (non-hydrogen) atoms. The molecule has 1 N–H and O–H groups in total. The van der Waals surface area contributed by atoms with E-state index in [0.717, 1.165) is 16.1 Å². The van der Waals surface area contributed by atoms with Crippen LogP contribution in [0.2, 0.25) is 0 Å². The summed E-state index contributed by atoms with van der Waals surface area (Å²) in [5.74, 6) is 0.332. The van der Waals surface area contributed by atoms with Crippen molar-refractivity contribution in [2.75, 3.05) is 5.32 Å². The Labute approximate surface area is 115 Å². The van der Waals surface area contributed by atoms with Gasteiger partial charge in [0.15, 0.2) is 0 Å². The molecule has 0 spiro atoms. The lowest BCUT2D eigenvalue weighted by atomic mass is 10.2. The van der Waals surface area contributed by atoms with E-state index >= 15 is 0 Å². The monoisotopic (exact) mass is 273 g/mol. The van der Waals surface area contributed by atoms with E-state index in [2.05, 4.69) is 5.32 Å². The second kappa shape index (κ2) is 6.29. The molecule has 0 saturated carbocycles. The van der Waals surface area contributed by atoms with Gasteiger partial charge in [-0.15, -0.1) is 0 Å². The standard InChI is InChI=1S/C15H15NO2S/c1-12(17)16-14-7-5-6-13(10-14)11-19(18)15-8-3-2-4-9-15/h2-10H,11H2,1H3,(H,16,17). The summed E-state index contributed by atoms with van der Waals surface area (Å²) in [7, 11) is -1.07. The van der Waals surface area contributed by atoms with Gasteiger partial charge in [-0.1, -0.05) is 30.3 Å². The molecule has 1 unspecified atom stereocenters. The number of rotatable bonds is 4. The van der Waals surface area contributed by atoms with Crippen LogP contribution in [0.5, 0.6) is 0 Å². The van der Waals surface area contributed by atoms with E-state index in [1.165, 1.54) is 6.92 Å². The number of hydrogen-bond acceptors (Lipinski definition) is 2. The SMILES string of the molecule is CC(=O)Nc1cccc(CS(=O)c2ccccc2)c1. The molecule has 2 aromatic rings. The summed E-state index contributed by atoms with van der Waals surface area (Å²) in [6.07, 6.45) is 0. The summed E-state index contributed by atoms with van der Waals surface area (Å²) >= 11 is 0. The van der Waals surface area contributed by atoms with Crippen LogP contribution < -0.4 is 5.32 Å². The first-order chi connectivity index (χ1) is 9.15. The maximum absolute atomic E-state index is 12.2. The third kappa shape index (κ3) is 4.03. The fourth-order valence-electron chi connectivity index (χ4n) is 1.75. The van der Waals surface area contributed by atoms with Crippen molar-refractivity contribution in [1.29, 1.82) is 0 Å². The van der Waals surface area contributed by atoms with Crippen LogP contribution in [0, 0.1) is 0 Å². The van der Waals surface area contributed by atoms with E-state index in [-0.39, 0.29) is 5.91 Å². The molecule has 0 heterocycles. The smallest absolute Gasteiger partial charge is 0.221 e. The summed E-state index contributed by atoms with van der Waals surface area (Å²) in [6, 6.07) is 16.8. The summed E-state index contributed by atoms with van der Waals surface area (Å²) in [4.78, 5) is 11.8. The molecule has 1 amide bonds. The Morgan fingerprint density at radius 1 is 1.11 bits per heavy atom. The van der Waals surface area contributed by atoms with Crippen molar-refractivity contribution in [3.8, 4) is 0 Å². The van der Waals surface area contributed by atoms with Crippen molar-refractivity contribution >= 4 is 22.4 Å². The Kier molecular flexibility index (Phi) is 4.47. The molecule has 2 rings (SSSR count). The molecule has 0 aliphatic carbocycles. The quantitative estimate of drug-likeness (QED) is 0.931. The van der Waals surface area contributed by atoms with E-state index in [1.807, 2.05) is 54.6 Å². The van der Waals surface area contributed by atoms with Crippen LogP contribution in [0.25, 0.3) is 0 Å². The molecule has 98 valence electrons. The van der Waals surface area contributed by atoms with Gasteiger partial charge in [-0.05, 0) is 29.8 Å². The largest absolute Gasteiger partial charge is 0.326 e. The van der Waals surface area contributed by atoms with E-state index in [4.69, 9.17) is 0 Å². The highest BCUT2D eigenvalue weighted by Gasteiger charge is 2.05. The van der Waals surface area contributed by atoms with Gasteiger partial charge in [0.2, 0.25) is 5.91 Å². The van der Waals surface area contributed by atoms with Gasteiger partial charge in [0, 0.05) is 17.5 Å². The average Bonchev–Trinajstić information content (AvgIpc) is 2.39. The van der Waals surface area contributed by atoms with Gasteiger partial charge in [-0.3, -0.25) is 9.00 Å². The van der Waals surface area contributed by atoms with Crippen LogP contribution in [0.1, 0.15) is 12.5 Å². The zero-order valence-corrected chi connectivity index (χ0v) is 11.4. The highest BCUT2D eigenvalue weighted by atomic mass is 32.2. The second-order valence-electron chi connectivity index (χ2n) is 4.18. The number of carbonyl (C=O) groups excluding carboxylic acids is 1. The first-order valence-corrected chi connectivity index (χ1v) is 7.27. The molecule has 0 aliphatic rings. The van der Waals surface area contributed by atoms with Gasteiger partial charge in [0.1, 0.15) is 0 Å². The zero-order valence-electron chi connectivity index (χ0n) is 10.6. The van der Waals surface area contributed by atoms with Crippen LogP contribution in [-0.2, 0) is 21.3 Å². The lowest BCUT2D eigenvalue weighted by Gasteiger charge is -2.06. The molecular weight excluding hydrogens is 258 g/mol. The predicted molar refractivity (Wildman–Crippen MR) is 77.3 cm³/mol. The Morgan fingerprint density at radius 3 is 2.53 bits per heavy atom. The highest BCUT2D eigenvalue weighted by Crippen LogP contribution is 2.15. The minimum atomic E-state index is -1.07. The third-order valence-electron chi connectivity index (χ3n) is 2.55. The van der Waals surface area contributed by atoms with E-state index < -0.39 is 10.8 Å². The number of anilines is 1. The fraction of sp³-hybridized carbons (Fsp3) is 0.133. The van der Waals surface area contributed by atoms with Crippen LogP contribution in [0.4, 0.5) is 5.69 Å². The summed E-state index contributed by atoms with van der Waals surface area (Å²) < 4.78 is 12.2. The molecule has 0 aliphatic heterocycles. The Balaban J connectivity index is 2.11. The maximum Gasteiger partial charge on any atom is 0.221 e. The Bertz CT molecular complexity index is 596. The molecule has 0 saturated heterocycles. The van der Waals surface area contributed by atoms with Crippen molar-refractivity contribution in [3.63, 3.8) is 0 Å². The molecule has 3 nitrogen and oxygen atoms in total. The lowest BCUT2D eigenvalue weighted by molar-refractivity contribution is -0.114. The zero-order chi connectivity index (χ0) is 13.7. The van der Waals surface area contributed by atoms with Gasteiger partial charge >= 0.3 is 0 Å². The topological polar surface area (TPSA) is 46.2 Å². The number of carbonyl (C=O) groups is 1. The first-order valence-electron chi connectivity index (χ1n) is 5.95. The molecule has 1 atom stereocenters.